The molecule has 1 aromatic carbocycles. The fraction of sp³-hybridized carbons (Fsp3) is 0.667. The number of benzene rings is 1. The minimum atomic E-state index is 0.132. The van der Waals surface area contributed by atoms with Crippen LogP contribution in [0.4, 0.5) is 0 Å². The second-order valence-electron chi connectivity index (χ2n) is 7.38. The highest BCUT2D eigenvalue weighted by Crippen LogP contribution is 2.33. The van der Waals surface area contributed by atoms with Gasteiger partial charge in [-0.15, -0.1) is 0 Å². The maximum absolute atomic E-state index is 6.15. The fourth-order valence-corrected chi connectivity index (χ4v) is 3.33. The van der Waals surface area contributed by atoms with Gasteiger partial charge in [0.25, 0.3) is 0 Å². The third-order valence-electron chi connectivity index (χ3n) is 4.90. The monoisotopic (exact) mass is 274 g/mol. The molecule has 1 aromatic rings. The number of aryl methyl sites for hydroxylation is 1. The summed E-state index contributed by atoms with van der Waals surface area (Å²) < 4.78 is 0. The summed E-state index contributed by atoms with van der Waals surface area (Å²) in [6.45, 7) is 10.2. The van der Waals surface area contributed by atoms with E-state index in [1.165, 1.54) is 31.5 Å². The standard InChI is InChI=1S/C18H30N2/c1-17(2)11-7-13-20(15-17)18(3,14-19)12-10-16-8-5-4-6-9-16/h4-6,8-9H,7,10-15,19H2,1-3H3. The van der Waals surface area contributed by atoms with Gasteiger partial charge in [-0.3, -0.25) is 4.90 Å². The van der Waals surface area contributed by atoms with Crippen molar-refractivity contribution in [3.8, 4) is 0 Å². The molecule has 20 heavy (non-hydrogen) atoms. The van der Waals surface area contributed by atoms with Crippen molar-refractivity contribution >= 4 is 0 Å². The van der Waals surface area contributed by atoms with Crippen LogP contribution in [-0.4, -0.2) is 30.1 Å². The van der Waals surface area contributed by atoms with Crippen molar-refractivity contribution in [3.05, 3.63) is 35.9 Å². The molecule has 0 saturated carbocycles. The number of likely N-dealkylation sites (tertiary alicyclic amines) is 1. The van der Waals surface area contributed by atoms with Crippen molar-refractivity contribution in [1.29, 1.82) is 0 Å². The fourth-order valence-electron chi connectivity index (χ4n) is 3.33. The number of nitrogens with zero attached hydrogens (tertiary/aromatic N) is 1. The lowest BCUT2D eigenvalue weighted by atomic mass is 9.80. The minimum Gasteiger partial charge on any atom is -0.329 e. The van der Waals surface area contributed by atoms with Crippen LogP contribution in [0.3, 0.4) is 0 Å². The van der Waals surface area contributed by atoms with Crippen LogP contribution in [0.5, 0.6) is 0 Å². The molecular formula is C18H30N2. The Labute approximate surface area is 124 Å². The molecule has 2 heteroatoms. The lowest BCUT2D eigenvalue weighted by Crippen LogP contribution is -2.56. The summed E-state index contributed by atoms with van der Waals surface area (Å²) in [5.41, 5.74) is 8.13. The van der Waals surface area contributed by atoms with Crippen molar-refractivity contribution in [2.75, 3.05) is 19.6 Å². The van der Waals surface area contributed by atoms with Gasteiger partial charge in [0.2, 0.25) is 0 Å². The average Bonchev–Trinajstić information content (AvgIpc) is 2.45. The number of nitrogens with two attached hydrogens (primary N) is 1. The van der Waals surface area contributed by atoms with Gasteiger partial charge < -0.3 is 5.73 Å². The summed E-state index contributed by atoms with van der Waals surface area (Å²) in [6, 6.07) is 10.8. The van der Waals surface area contributed by atoms with Gasteiger partial charge in [0.15, 0.2) is 0 Å². The average molecular weight is 274 g/mol. The second kappa shape index (κ2) is 6.28. The van der Waals surface area contributed by atoms with Gasteiger partial charge in [0.05, 0.1) is 0 Å². The first kappa shape index (κ1) is 15.5. The van der Waals surface area contributed by atoms with Crippen molar-refractivity contribution in [3.63, 3.8) is 0 Å². The van der Waals surface area contributed by atoms with Gasteiger partial charge in [-0.1, -0.05) is 44.2 Å². The highest BCUT2D eigenvalue weighted by molar-refractivity contribution is 5.15. The van der Waals surface area contributed by atoms with Crippen LogP contribution in [0.25, 0.3) is 0 Å². The van der Waals surface area contributed by atoms with Crippen LogP contribution < -0.4 is 5.73 Å². The summed E-state index contributed by atoms with van der Waals surface area (Å²) in [6.07, 6.45) is 4.89. The van der Waals surface area contributed by atoms with E-state index in [0.717, 1.165) is 19.4 Å². The van der Waals surface area contributed by atoms with E-state index in [2.05, 4.69) is 56.0 Å². The summed E-state index contributed by atoms with van der Waals surface area (Å²) in [5.74, 6) is 0. The van der Waals surface area contributed by atoms with Crippen molar-refractivity contribution in [1.82, 2.24) is 4.90 Å². The molecule has 2 rings (SSSR count). The third-order valence-corrected chi connectivity index (χ3v) is 4.90. The second-order valence-corrected chi connectivity index (χ2v) is 7.38. The van der Waals surface area contributed by atoms with Gasteiger partial charge in [0, 0.05) is 18.6 Å². The Morgan fingerprint density at radius 3 is 2.55 bits per heavy atom. The Balaban J connectivity index is 2.01. The van der Waals surface area contributed by atoms with Gasteiger partial charge in [-0.2, -0.15) is 0 Å². The Kier molecular flexibility index (Phi) is 4.87. The highest BCUT2D eigenvalue weighted by atomic mass is 15.2. The number of rotatable bonds is 5. The molecule has 0 amide bonds. The maximum atomic E-state index is 6.15. The summed E-state index contributed by atoms with van der Waals surface area (Å²) in [5, 5.41) is 0. The molecule has 0 aromatic heterocycles. The van der Waals surface area contributed by atoms with Crippen molar-refractivity contribution in [2.45, 2.75) is 52.0 Å². The molecule has 1 saturated heterocycles. The molecule has 1 unspecified atom stereocenters. The predicted octanol–water partition coefficient (Wildman–Crippen LogP) is 3.46. The predicted molar refractivity (Wildman–Crippen MR) is 86.8 cm³/mol. The first-order valence-corrected chi connectivity index (χ1v) is 7.94. The van der Waals surface area contributed by atoms with E-state index in [4.69, 9.17) is 5.73 Å². The summed E-state index contributed by atoms with van der Waals surface area (Å²) >= 11 is 0. The van der Waals surface area contributed by atoms with E-state index in [9.17, 15) is 0 Å². The molecule has 1 atom stereocenters. The number of hydrogen-bond donors (Lipinski definition) is 1. The Bertz CT molecular complexity index is 413. The van der Waals surface area contributed by atoms with E-state index < -0.39 is 0 Å². The number of hydrogen-bond acceptors (Lipinski definition) is 2. The molecule has 1 fully saturated rings. The SMILES string of the molecule is CC1(C)CCCN(C(C)(CN)CCc2ccccc2)C1. The lowest BCUT2D eigenvalue weighted by Gasteiger charge is -2.48. The normalized spacial score (nSPS) is 22.4. The molecule has 2 nitrogen and oxygen atoms in total. The first-order chi connectivity index (χ1) is 9.45. The summed E-state index contributed by atoms with van der Waals surface area (Å²) in [7, 11) is 0. The zero-order valence-corrected chi connectivity index (χ0v) is 13.4. The molecule has 0 aliphatic carbocycles. The Morgan fingerprint density at radius 1 is 1.25 bits per heavy atom. The molecular weight excluding hydrogens is 244 g/mol. The zero-order valence-electron chi connectivity index (χ0n) is 13.4. The van der Waals surface area contributed by atoms with Gasteiger partial charge in [0.1, 0.15) is 0 Å². The van der Waals surface area contributed by atoms with E-state index in [0.29, 0.717) is 5.41 Å². The third kappa shape index (κ3) is 3.83. The highest BCUT2D eigenvalue weighted by Gasteiger charge is 2.36. The van der Waals surface area contributed by atoms with Gasteiger partial charge in [-0.25, -0.2) is 0 Å². The quantitative estimate of drug-likeness (QED) is 0.891. The van der Waals surface area contributed by atoms with Crippen LogP contribution >= 0.6 is 0 Å². The topological polar surface area (TPSA) is 29.3 Å². The van der Waals surface area contributed by atoms with E-state index in [1.807, 2.05) is 0 Å². The molecule has 1 aliphatic heterocycles. The first-order valence-electron chi connectivity index (χ1n) is 7.94. The van der Waals surface area contributed by atoms with Gasteiger partial charge >= 0.3 is 0 Å². The molecule has 112 valence electrons. The molecule has 0 radical (unpaired) electrons. The molecule has 1 heterocycles. The largest absolute Gasteiger partial charge is 0.329 e. The molecule has 0 spiro atoms. The van der Waals surface area contributed by atoms with Crippen LogP contribution in [0.1, 0.15) is 45.6 Å². The smallest absolute Gasteiger partial charge is 0.0307 e. The van der Waals surface area contributed by atoms with Crippen molar-refractivity contribution < 1.29 is 0 Å². The zero-order chi connectivity index (χ0) is 14.6. The Hall–Kier alpha value is -0.860. The summed E-state index contributed by atoms with van der Waals surface area (Å²) in [4.78, 5) is 2.64. The van der Waals surface area contributed by atoms with Crippen molar-refractivity contribution in [2.24, 2.45) is 11.1 Å². The molecule has 1 aliphatic rings. The van der Waals surface area contributed by atoms with Crippen LogP contribution in [0.2, 0.25) is 0 Å². The maximum Gasteiger partial charge on any atom is 0.0307 e. The molecule has 2 N–H and O–H groups in total. The Morgan fingerprint density at radius 2 is 1.95 bits per heavy atom. The van der Waals surface area contributed by atoms with Crippen LogP contribution in [0, 0.1) is 5.41 Å². The van der Waals surface area contributed by atoms with Crippen LogP contribution in [0.15, 0.2) is 30.3 Å². The number of piperidine rings is 1. The minimum absolute atomic E-state index is 0.132. The van der Waals surface area contributed by atoms with E-state index in [-0.39, 0.29) is 5.54 Å². The van der Waals surface area contributed by atoms with Gasteiger partial charge in [-0.05, 0) is 50.1 Å². The lowest BCUT2D eigenvalue weighted by molar-refractivity contribution is 0.0237. The van der Waals surface area contributed by atoms with E-state index in [1.54, 1.807) is 0 Å². The van der Waals surface area contributed by atoms with E-state index >= 15 is 0 Å². The molecule has 0 bridgehead atoms. The van der Waals surface area contributed by atoms with Crippen LogP contribution in [-0.2, 0) is 6.42 Å².